The third kappa shape index (κ3) is 9.40. The highest BCUT2D eigenvalue weighted by atomic mass is 28.4. The minimum atomic E-state index is -2.02. The number of hydrogen-bond donors (Lipinski definition) is 0. The molecule has 1 aliphatic rings. The molecule has 6 nitrogen and oxygen atoms in total. The Morgan fingerprint density at radius 3 is 1.68 bits per heavy atom. The minimum absolute atomic E-state index is 0.226. The Hall–Kier alpha value is -0.402. The highest BCUT2D eigenvalue weighted by Crippen LogP contribution is 2.33. The summed E-state index contributed by atoms with van der Waals surface area (Å²) in [5.41, 5.74) is 0. The number of cyclic esters (lactones) is 1. The lowest BCUT2D eigenvalue weighted by Crippen LogP contribution is -2.46. The minimum Gasteiger partial charge on any atom is -0.542 e. The number of carbonyl (C=O) groups is 1. The zero-order valence-corrected chi connectivity index (χ0v) is 23.8. The molecular formula is C18H40O6Si4. The molecular weight excluding hydrogens is 425 g/mol. The molecule has 0 aliphatic carbocycles. The molecule has 2 atom stereocenters. The van der Waals surface area contributed by atoms with Crippen LogP contribution in [0.5, 0.6) is 0 Å². The lowest BCUT2D eigenvalue weighted by molar-refractivity contribution is -0.146. The van der Waals surface area contributed by atoms with Crippen molar-refractivity contribution in [1.29, 1.82) is 0 Å². The van der Waals surface area contributed by atoms with E-state index < -0.39 is 51.4 Å². The van der Waals surface area contributed by atoms with Crippen LogP contribution in [0.4, 0.5) is 0 Å². The van der Waals surface area contributed by atoms with E-state index in [0.717, 1.165) is 0 Å². The molecule has 1 heterocycles. The molecule has 0 saturated heterocycles. The molecule has 10 heteroatoms. The van der Waals surface area contributed by atoms with Crippen molar-refractivity contribution in [3.63, 3.8) is 0 Å². The Morgan fingerprint density at radius 1 is 0.786 bits per heavy atom. The van der Waals surface area contributed by atoms with Gasteiger partial charge in [0.25, 0.3) is 0 Å². The zero-order chi connectivity index (χ0) is 22.1. The topological polar surface area (TPSA) is 63.2 Å². The maximum atomic E-state index is 12.7. The highest BCUT2D eigenvalue weighted by Gasteiger charge is 2.46. The summed E-state index contributed by atoms with van der Waals surface area (Å²) in [7, 11) is -7.71. The van der Waals surface area contributed by atoms with Gasteiger partial charge in [-0.05, 0) is 78.6 Å². The van der Waals surface area contributed by atoms with Gasteiger partial charge in [0.1, 0.15) is 6.10 Å². The molecule has 0 radical (unpaired) electrons. The molecule has 0 amide bonds. The second-order valence-corrected chi connectivity index (χ2v) is 29.0. The van der Waals surface area contributed by atoms with E-state index in [9.17, 15) is 4.79 Å². The lowest BCUT2D eigenvalue weighted by atomic mass is 10.2. The van der Waals surface area contributed by atoms with Crippen molar-refractivity contribution in [3.8, 4) is 0 Å². The van der Waals surface area contributed by atoms with Gasteiger partial charge in [0.15, 0.2) is 28.5 Å². The van der Waals surface area contributed by atoms with Gasteiger partial charge in [-0.1, -0.05) is 0 Å². The normalized spacial score (nSPS) is 20.3. The van der Waals surface area contributed by atoms with E-state index in [2.05, 4.69) is 58.9 Å². The van der Waals surface area contributed by atoms with Gasteiger partial charge >= 0.3 is 5.97 Å². The molecule has 1 aliphatic heterocycles. The summed E-state index contributed by atoms with van der Waals surface area (Å²) in [5, 5.41) is 0. The van der Waals surface area contributed by atoms with Crippen molar-refractivity contribution in [2.75, 3.05) is 6.61 Å². The van der Waals surface area contributed by atoms with Crippen LogP contribution in [0.2, 0.25) is 78.6 Å². The highest BCUT2D eigenvalue weighted by molar-refractivity contribution is 6.71. The maximum Gasteiger partial charge on any atom is 0.376 e. The fraction of sp³-hybridized carbons (Fsp3) is 0.833. The van der Waals surface area contributed by atoms with Crippen molar-refractivity contribution >= 4 is 39.2 Å². The second kappa shape index (κ2) is 8.76. The Labute approximate surface area is 175 Å². The van der Waals surface area contributed by atoms with E-state index in [4.69, 9.17) is 22.4 Å². The first-order valence-corrected chi connectivity index (χ1v) is 23.6. The summed E-state index contributed by atoms with van der Waals surface area (Å²) in [6, 6.07) is 0. The molecule has 0 unspecified atom stereocenters. The predicted molar refractivity (Wildman–Crippen MR) is 123 cm³/mol. The average molecular weight is 465 g/mol. The van der Waals surface area contributed by atoms with Crippen LogP contribution < -0.4 is 0 Å². The van der Waals surface area contributed by atoms with Crippen molar-refractivity contribution in [1.82, 2.24) is 0 Å². The quantitative estimate of drug-likeness (QED) is 0.338. The number of rotatable bonds is 10. The van der Waals surface area contributed by atoms with Crippen LogP contribution in [-0.4, -0.2) is 58.1 Å². The van der Waals surface area contributed by atoms with Crippen LogP contribution >= 0.6 is 0 Å². The van der Waals surface area contributed by atoms with E-state index in [1.54, 1.807) is 0 Å². The number of esters is 1. The van der Waals surface area contributed by atoms with Gasteiger partial charge in [-0.2, -0.15) is 0 Å². The largest absolute Gasteiger partial charge is 0.542 e. The molecule has 0 bridgehead atoms. The molecule has 1 rings (SSSR count). The van der Waals surface area contributed by atoms with Gasteiger partial charge in [0, 0.05) is 0 Å². The van der Waals surface area contributed by atoms with E-state index in [1.165, 1.54) is 0 Å². The standard InChI is InChI=1S/C18H40O6Si4/c1-25(2,3)20-13-14(22-26(4,5)6)15-16(23-27(7,8)9)17(18(19)21-15)24-28(10,11)12/h14-15H,13H2,1-12H3/t14-,15+/m0/s1. The van der Waals surface area contributed by atoms with Gasteiger partial charge < -0.3 is 22.4 Å². The summed E-state index contributed by atoms with van der Waals surface area (Å²) < 4.78 is 30.7. The van der Waals surface area contributed by atoms with Gasteiger partial charge in [-0.25, -0.2) is 4.79 Å². The average Bonchev–Trinajstić information content (AvgIpc) is 2.66. The maximum absolute atomic E-state index is 12.7. The first kappa shape index (κ1) is 25.6. The van der Waals surface area contributed by atoms with Crippen LogP contribution in [0.15, 0.2) is 11.5 Å². The monoisotopic (exact) mass is 464 g/mol. The molecule has 28 heavy (non-hydrogen) atoms. The Morgan fingerprint density at radius 2 is 1.29 bits per heavy atom. The van der Waals surface area contributed by atoms with E-state index >= 15 is 0 Å². The molecule has 0 fully saturated rings. The Kier molecular flexibility index (Phi) is 8.02. The van der Waals surface area contributed by atoms with Crippen molar-refractivity contribution in [3.05, 3.63) is 11.5 Å². The molecule has 0 saturated carbocycles. The Balaban J connectivity index is 3.33. The Bertz CT molecular complexity index is 593. The molecule has 0 N–H and O–H groups in total. The summed E-state index contributed by atoms with van der Waals surface area (Å²) in [4.78, 5) is 12.7. The molecule has 0 spiro atoms. The van der Waals surface area contributed by atoms with E-state index in [1.807, 2.05) is 19.6 Å². The summed E-state index contributed by atoms with van der Waals surface area (Å²) in [6.45, 7) is 25.5. The van der Waals surface area contributed by atoms with E-state index in [-0.39, 0.29) is 5.76 Å². The van der Waals surface area contributed by atoms with Crippen LogP contribution in [0.3, 0.4) is 0 Å². The first-order valence-electron chi connectivity index (χ1n) is 9.92. The smallest absolute Gasteiger partial charge is 0.376 e. The van der Waals surface area contributed by atoms with Crippen LogP contribution in [0.25, 0.3) is 0 Å². The molecule has 0 aromatic rings. The number of hydrogen-bond acceptors (Lipinski definition) is 6. The first-order chi connectivity index (χ1) is 12.3. The van der Waals surface area contributed by atoms with Crippen molar-refractivity contribution < 1.29 is 27.2 Å². The third-order valence-electron chi connectivity index (χ3n) is 3.25. The van der Waals surface area contributed by atoms with Gasteiger partial charge in [-0.15, -0.1) is 0 Å². The fourth-order valence-corrected chi connectivity index (χ4v) is 5.93. The number of carbonyl (C=O) groups excluding carboxylic acids is 1. The van der Waals surface area contributed by atoms with Crippen molar-refractivity contribution in [2.24, 2.45) is 0 Å². The van der Waals surface area contributed by atoms with Crippen molar-refractivity contribution in [2.45, 2.75) is 90.8 Å². The second-order valence-electron chi connectivity index (χ2n) is 11.1. The summed E-state index contributed by atoms with van der Waals surface area (Å²) in [6.07, 6.45) is -1.04. The molecule has 0 aromatic heterocycles. The SMILES string of the molecule is C[Si](C)(C)OC[C@H](O[Si](C)(C)C)[C@H]1OC(=O)C(O[Si](C)(C)C)=C1O[Si](C)(C)C. The summed E-state index contributed by atoms with van der Waals surface area (Å²) in [5.74, 6) is 0.260. The third-order valence-corrected chi connectivity index (χ3v) is 6.94. The fourth-order valence-electron chi connectivity index (χ4n) is 2.50. The zero-order valence-electron chi connectivity index (χ0n) is 19.8. The van der Waals surface area contributed by atoms with Crippen LogP contribution in [0.1, 0.15) is 0 Å². The van der Waals surface area contributed by atoms with Gasteiger partial charge in [0.05, 0.1) is 6.61 Å². The van der Waals surface area contributed by atoms with Gasteiger partial charge in [0.2, 0.25) is 22.4 Å². The predicted octanol–water partition coefficient (Wildman–Crippen LogP) is 4.90. The molecule has 164 valence electrons. The lowest BCUT2D eigenvalue weighted by Gasteiger charge is -2.34. The molecule has 0 aromatic carbocycles. The van der Waals surface area contributed by atoms with Crippen LogP contribution in [0, 0.1) is 0 Å². The van der Waals surface area contributed by atoms with Crippen LogP contribution in [-0.2, 0) is 27.2 Å². The summed E-state index contributed by atoms with van der Waals surface area (Å²) >= 11 is 0. The van der Waals surface area contributed by atoms with Gasteiger partial charge in [-0.3, -0.25) is 0 Å². The van der Waals surface area contributed by atoms with E-state index in [0.29, 0.717) is 12.4 Å². The number of ether oxygens (including phenoxy) is 1.